The number of fused-ring (bicyclic) bond motifs is 2. The van der Waals surface area contributed by atoms with Gasteiger partial charge in [-0.05, 0) is 24.7 Å². The van der Waals surface area contributed by atoms with Crippen molar-refractivity contribution in [3.05, 3.63) is 68.0 Å². The molecular formula is C20H20N4O4S. The van der Waals surface area contributed by atoms with E-state index in [2.05, 4.69) is 5.32 Å². The summed E-state index contributed by atoms with van der Waals surface area (Å²) in [6, 6.07) is 6.27. The molecule has 9 heteroatoms. The molecule has 0 fully saturated rings. The van der Waals surface area contributed by atoms with Gasteiger partial charge < -0.3 is 15.8 Å². The number of esters is 1. The number of aromatic nitrogens is 1. The number of non-ortho nitro benzene ring substituents is 1. The van der Waals surface area contributed by atoms with Gasteiger partial charge in [0.25, 0.3) is 5.69 Å². The molecule has 0 saturated heterocycles. The van der Waals surface area contributed by atoms with E-state index in [0.29, 0.717) is 33.9 Å². The van der Waals surface area contributed by atoms with Crippen molar-refractivity contribution in [1.82, 2.24) is 4.98 Å². The number of rotatable bonds is 3. The molecule has 1 unspecified atom stereocenters. The Morgan fingerprint density at radius 1 is 1.45 bits per heavy atom. The highest BCUT2D eigenvalue weighted by atomic mass is 32.2. The Morgan fingerprint density at radius 2 is 2.24 bits per heavy atom. The third-order valence-electron chi connectivity index (χ3n) is 5.30. The van der Waals surface area contributed by atoms with Crippen molar-refractivity contribution in [2.45, 2.75) is 25.0 Å². The van der Waals surface area contributed by atoms with Gasteiger partial charge in [-0.1, -0.05) is 12.1 Å². The predicted octanol–water partition coefficient (Wildman–Crippen LogP) is 3.37. The highest BCUT2D eigenvalue weighted by Crippen LogP contribution is 2.47. The van der Waals surface area contributed by atoms with Gasteiger partial charge in [-0.25, -0.2) is 9.78 Å². The predicted molar refractivity (Wildman–Crippen MR) is 112 cm³/mol. The number of carbonyl (C=O) groups excluding carboxylic acids is 1. The van der Waals surface area contributed by atoms with Crippen molar-refractivity contribution in [3.8, 4) is 0 Å². The van der Waals surface area contributed by atoms with E-state index in [9.17, 15) is 14.9 Å². The Kier molecular flexibility index (Phi) is 4.91. The molecule has 0 bridgehead atoms. The van der Waals surface area contributed by atoms with Gasteiger partial charge in [0.05, 0.1) is 17.6 Å². The monoisotopic (exact) mass is 412 g/mol. The summed E-state index contributed by atoms with van der Waals surface area (Å²) in [5.41, 5.74) is 11.3. The molecule has 2 aliphatic rings. The van der Waals surface area contributed by atoms with E-state index in [-0.39, 0.29) is 5.69 Å². The highest BCUT2D eigenvalue weighted by Gasteiger charge is 2.37. The number of methoxy groups -OCH3 is 1. The summed E-state index contributed by atoms with van der Waals surface area (Å²) in [6.07, 6.45) is 0.827. The molecule has 2 aliphatic heterocycles. The number of hydrogen-bond donors (Lipinski definition) is 2. The number of nitrogens with two attached hydrogens (primary N) is 1. The average molecular weight is 412 g/mol. The minimum absolute atomic E-state index is 0.0514. The van der Waals surface area contributed by atoms with Crippen molar-refractivity contribution >= 4 is 34.9 Å². The number of nitrogen functional groups attached to an aromatic ring is 1. The van der Waals surface area contributed by atoms with Gasteiger partial charge in [0.1, 0.15) is 5.82 Å². The first-order chi connectivity index (χ1) is 13.9. The molecule has 1 aromatic carbocycles. The van der Waals surface area contributed by atoms with Gasteiger partial charge in [-0.3, -0.25) is 10.1 Å². The van der Waals surface area contributed by atoms with Gasteiger partial charge in [-0.15, -0.1) is 0 Å². The van der Waals surface area contributed by atoms with E-state index in [1.807, 2.05) is 0 Å². The van der Waals surface area contributed by atoms with E-state index in [1.165, 1.54) is 19.2 Å². The summed E-state index contributed by atoms with van der Waals surface area (Å²) in [4.78, 5) is 28.3. The lowest BCUT2D eigenvalue weighted by Crippen LogP contribution is -2.27. The third-order valence-corrected chi connectivity index (χ3v) is 6.29. The zero-order valence-corrected chi connectivity index (χ0v) is 16.8. The molecule has 150 valence electrons. The topological polar surface area (TPSA) is 120 Å². The van der Waals surface area contributed by atoms with Crippen LogP contribution in [0.15, 0.2) is 35.5 Å². The zero-order valence-electron chi connectivity index (χ0n) is 16.0. The Balaban J connectivity index is 1.99. The summed E-state index contributed by atoms with van der Waals surface area (Å²) < 4.78 is 5.02. The van der Waals surface area contributed by atoms with Crippen molar-refractivity contribution in [2.24, 2.45) is 0 Å². The van der Waals surface area contributed by atoms with Gasteiger partial charge in [0, 0.05) is 52.0 Å². The maximum Gasteiger partial charge on any atom is 0.336 e. The smallest absolute Gasteiger partial charge is 0.336 e. The number of pyridine rings is 1. The lowest BCUT2D eigenvalue weighted by atomic mass is 9.80. The summed E-state index contributed by atoms with van der Waals surface area (Å²) in [5, 5.41) is 14.5. The minimum Gasteiger partial charge on any atom is -0.466 e. The van der Waals surface area contributed by atoms with Crippen LogP contribution in [0.4, 0.5) is 17.2 Å². The van der Waals surface area contributed by atoms with Crippen molar-refractivity contribution in [2.75, 3.05) is 23.9 Å². The van der Waals surface area contributed by atoms with Gasteiger partial charge in [0.2, 0.25) is 0 Å². The molecule has 8 nitrogen and oxygen atoms in total. The number of nitro groups is 1. The molecule has 0 aliphatic carbocycles. The molecule has 3 N–H and O–H groups in total. The van der Waals surface area contributed by atoms with Crippen LogP contribution in [0.25, 0.3) is 0 Å². The molecule has 4 rings (SSSR count). The highest BCUT2D eigenvalue weighted by molar-refractivity contribution is 7.98. The Labute approximate surface area is 171 Å². The van der Waals surface area contributed by atoms with E-state index in [0.717, 1.165) is 29.2 Å². The molecule has 0 saturated carbocycles. The second-order valence-electron chi connectivity index (χ2n) is 6.96. The van der Waals surface area contributed by atoms with E-state index < -0.39 is 16.8 Å². The molecule has 29 heavy (non-hydrogen) atoms. The first kappa shape index (κ1) is 19.3. The number of anilines is 2. The molecule has 2 aromatic rings. The normalized spacial score (nSPS) is 17.8. The fraction of sp³-hybridized carbons (Fsp3) is 0.300. The minimum atomic E-state index is -0.608. The van der Waals surface area contributed by atoms with Crippen LogP contribution < -0.4 is 11.1 Å². The summed E-state index contributed by atoms with van der Waals surface area (Å²) in [6.45, 7) is 1.77. The van der Waals surface area contributed by atoms with Gasteiger partial charge in [0.15, 0.2) is 0 Å². The van der Waals surface area contributed by atoms with Gasteiger partial charge >= 0.3 is 5.97 Å². The maximum atomic E-state index is 12.7. The van der Waals surface area contributed by atoms with E-state index in [1.54, 1.807) is 30.8 Å². The molecule has 0 amide bonds. The number of nitrogens with one attached hydrogen (secondary N) is 1. The number of allylic oxidation sites excluding steroid dienone is 1. The summed E-state index contributed by atoms with van der Waals surface area (Å²) in [5.74, 6) is 1.20. The SMILES string of the molecule is COC(=O)C1=C(C)Nc2nc3c(c(N)c2C1c1cccc([N+](=O)[O-])c1)CSCC3. The van der Waals surface area contributed by atoms with Gasteiger partial charge in [-0.2, -0.15) is 11.8 Å². The van der Waals surface area contributed by atoms with Crippen LogP contribution in [0.1, 0.15) is 35.2 Å². The van der Waals surface area contributed by atoms with Crippen LogP contribution in [0.2, 0.25) is 0 Å². The first-order valence-electron chi connectivity index (χ1n) is 9.11. The van der Waals surface area contributed by atoms with Crippen molar-refractivity contribution < 1.29 is 14.5 Å². The molecule has 0 spiro atoms. The van der Waals surface area contributed by atoms with E-state index >= 15 is 0 Å². The maximum absolute atomic E-state index is 12.7. The molecule has 1 atom stereocenters. The largest absolute Gasteiger partial charge is 0.466 e. The molecule has 3 heterocycles. The standard InChI is InChI=1S/C20H20N4O4S/c1-10-15(20(25)28-2)16(11-4-3-5-12(8-11)24(26)27)17-18(21)13-9-29-7-6-14(13)23-19(17)22-10/h3-5,8,16H,6-7,9H2,1-2H3,(H3,21,22,23). The van der Waals surface area contributed by atoms with Crippen LogP contribution >= 0.6 is 11.8 Å². The number of aryl methyl sites for hydroxylation is 1. The first-order valence-corrected chi connectivity index (χ1v) is 10.3. The second kappa shape index (κ2) is 7.40. The third kappa shape index (κ3) is 3.21. The Hall–Kier alpha value is -3.07. The van der Waals surface area contributed by atoms with E-state index in [4.69, 9.17) is 15.5 Å². The average Bonchev–Trinajstić information content (AvgIpc) is 2.72. The molecule has 1 aromatic heterocycles. The van der Waals surface area contributed by atoms with Crippen LogP contribution in [0.5, 0.6) is 0 Å². The Bertz CT molecular complexity index is 1070. The van der Waals surface area contributed by atoms with Crippen LogP contribution in [0.3, 0.4) is 0 Å². The number of thioether (sulfide) groups is 1. The Morgan fingerprint density at radius 3 is 2.97 bits per heavy atom. The quantitative estimate of drug-likeness (QED) is 0.447. The van der Waals surface area contributed by atoms with Crippen LogP contribution in [-0.2, 0) is 21.7 Å². The number of benzene rings is 1. The van der Waals surface area contributed by atoms with Crippen LogP contribution in [0, 0.1) is 10.1 Å². The fourth-order valence-corrected chi connectivity index (χ4v) is 4.95. The van der Waals surface area contributed by atoms with Crippen molar-refractivity contribution in [1.29, 1.82) is 0 Å². The second-order valence-corrected chi connectivity index (χ2v) is 8.06. The molecular weight excluding hydrogens is 392 g/mol. The number of ether oxygens (including phenoxy) is 1. The number of hydrogen-bond acceptors (Lipinski definition) is 8. The van der Waals surface area contributed by atoms with Crippen molar-refractivity contribution in [3.63, 3.8) is 0 Å². The lowest BCUT2D eigenvalue weighted by Gasteiger charge is -2.32. The molecule has 0 radical (unpaired) electrons. The lowest BCUT2D eigenvalue weighted by molar-refractivity contribution is -0.384. The fourth-order valence-electron chi connectivity index (χ4n) is 3.94. The number of carbonyl (C=O) groups is 1. The number of nitro benzene ring substituents is 1. The van der Waals surface area contributed by atoms with Crippen LogP contribution in [-0.4, -0.2) is 28.7 Å². The zero-order chi connectivity index (χ0) is 20.7. The summed E-state index contributed by atoms with van der Waals surface area (Å²) in [7, 11) is 1.31. The number of nitrogens with zero attached hydrogens (tertiary/aromatic N) is 2. The summed E-state index contributed by atoms with van der Waals surface area (Å²) >= 11 is 1.78.